The van der Waals surface area contributed by atoms with Crippen molar-refractivity contribution in [1.82, 2.24) is 4.57 Å². The molecule has 2 aromatic carbocycles. The lowest BCUT2D eigenvalue weighted by atomic mass is 10.1. The quantitative estimate of drug-likeness (QED) is 0.535. The molecule has 0 aliphatic carbocycles. The number of hydrogen-bond donors (Lipinski definition) is 0. The molecule has 0 aliphatic rings. The summed E-state index contributed by atoms with van der Waals surface area (Å²) in [5.74, 6) is 0.468. The number of carbonyl (C=O) groups is 1. The second-order valence-electron chi connectivity index (χ2n) is 5.46. The highest BCUT2D eigenvalue weighted by Gasteiger charge is 2.23. The van der Waals surface area contributed by atoms with Crippen LogP contribution < -0.4 is 9.47 Å². The van der Waals surface area contributed by atoms with Gasteiger partial charge in [0.1, 0.15) is 17.1 Å². The van der Waals surface area contributed by atoms with Crippen LogP contribution in [-0.4, -0.2) is 29.6 Å². The molecular formula is C18H16N2O5. The van der Waals surface area contributed by atoms with Crippen LogP contribution in [0.2, 0.25) is 0 Å². The van der Waals surface area contributed by atoms with E-state index in [1.807, 2.05) is 0 Å². The van der Waals surface area contributed by atoms with Gasteiger partial charge in [-0.05, 0) is 31.2 Å². The van der Waals surface area contributed by atoms with Gasteiger partial charge in [0.05, 0.1) is 24.7 Å². The number of ether oxygens (including phenoxy) is 2. The first-order valence-corrected chi connectivity index (χ1v) is 7.50. The zero-order chi connectivity index (χ0) is 18.1. The Labute approximate surface area is 143 Å². The molecule has 0 bridgehead atoms. The molecular weight excluding hydrogens is 324 g/mol. The van der Waals surface area contributed by atoms with Gasteiger partial charge in [-0.1, -0.05) is 6.07 Å². The number of carbonyl (C=O) groups excluding carboxylic acids is 1. The first-order valence-electron chi connectivity index (χ1n) is 7.50. The van der Waals surface area contributed by atoms with E-state index >= 15 is 0 Å². The van der Waals surface area contributed by atoms with Crippen LogP contribution in [0.25, 0.3) is 10.9 Å². The number of nitrogens with zero attached hydrogens (tertiary/aromatic N) is 2. The van der Waals surface area contributed by atoms with E-state index in [2.05, 4.69) is 0 Å². The van der Waals surface area contributed by atoms with E-state index in [4.69, 9.17) is 9.47 Å². The van der Waals surface area contributed by atoms with Crippen molar-refractivity contribution < 1.29 is 19.2 Å². The predicted molar refractivity (Wildman–Crippen MR) is 92.6 cm³/mol. The molecule has 0 amide bonds. The summed E-state index contributed by atoms with van der Waals surface area (Å²) in [5, 5.41) is 11.6. The van der Waals surface area contributed by atoms with Crippen LogP contribution in [0.1, 0.15) is 16.1 Å². The summed E-state index contributed by atoms with van der Waals surface area (Å²) in [5.41, 5.74) is 1.52. The van der Waals surface area contributed by atoms with Crippen molar-refractivity contribution in [1.29, 1.82) is 0 Å². The van der Waals surface area contributed by atoms with Gasteiger partial charge in [-0.25, -0.2) is 0 Å². The zero-order valence-corrected chi connectivity index (χ0v) is 14.0. The Morgan fingerprint density at radius 2 is 1.72 bits per heavy atom. The number of benzene rings is 2. The van der Waals surface area contributed by atoms with Crippen LogP contribution in [0.5, 0.6) is 11.5 Å². The minimum Gasteiger partial charge on any atom is -0.496 e. The number of methoxy groups -OCH3 is 2. The molecule has 0 unspecified atom stereocenters. The predicted octanol–water partition coefficient (Wildman–Crippen LogP) is 3.56. The lowest BCUT2D eigenvalue weighted by molar-refractivity contribution is -0.384. The van der Waals surface area contributed by atoms with Crippen molar-refractivity contribution in [3.63, 3.8) is 0 Å². The zero-order valence-electron chi connectivity index (χ0n) is 14.0. The Morgan fingerprint density at radius 1 is 1.08 bits per heavy atom. The molecule has 0 spiro atoms. The van der Waals surface area contributed by atoms with Crippen molar-refractivity contribution in [2.45, 2.75) is 6.92 Å². The standard InChI is InChI=1S/C18H16N2O5/c1-11-9-12-10-13(20(22)23)7-8-14(12)19(11)18(21)17-15(24-2)5-4-6-16(17)25-3/h4-10H,1-3H3. The molecule has 7 nitrogen and oxygen atoms in total. The molecule has 0 radical (unpaired) electrons. The number of aromatic nitrogens is 1. The Hall–Kier alpha value is -3.35. The fourth-order valence-corrected chi connectivity index (χ4v) is 2.90. The maximum Gasteiger partial charge on any atom is 0.270 e. The van der Waals surface area contributed by atoms with Gasteiger partial charge in [0, 0.05) is 23.2 Å². The molecule has 0 aliphatic heterocycles. The second kappa shape index (κ2) is 6.27. The highest BCUT2D eigenvalue weighted by molar-refractivity contribution is 6.06. The highest BCUT2D eigenvalue weighted by atomic mass is 16.6. The average Bonchev–Trinajstić information content (AvgIpc) is 2.94. The van der Waals surface area contributed by atoms with E-state index in [0.29, 0.717) is 33.7 Å². The minimum atomic E-state index is -0.461. The third-order valence-electron chi connectivity index (χ3n) is 4.02. The summed E-state index contributed by atoms with van der Waals surface area (Å²) >= 11 is 0. The SMILES string of the molecule is COc1cccc(OC)c1C(=O)n1c(C)cc2cc([N+](=O)[O-])ccc21. The largest absolute Gasteiger partial charge is 0.496 e. The van der Waals surface area contributed by atoms with Crippen LogP contribution in [0.3, 0.4) is 0 Å². The van der Waals surface area contributed by atoms with Crippen LogP contribution >= 0.6 is 0 Å². The van der Waals surface area contributed by atoms with Gasteiger partial charge in [-0.3, -0.25) is 19.5 Å². The Morgan fingerprint density at radius 3 is 2.28 bits per heavy atom. The van der Waals surface area contributed by atoms with E-state index < -0.39 is 4.92 Å². The summed E-state index contributed by atoms with van der Waals surface area (Å²) in [4.78, 5) is 23.7. The number of nitro benzene ring substituents is 1. The van der Waals surface area contributed by atoms with Gasteiger partial charge < -0.3 is 9.47 Å². The molecule has 128 valence electrons. The van der Waals surface area contributed by atoms with Crippen LogP contribution in [0.15, 0.2) is 42.5 Å². The topological polar surface area (TPSA) is 83.6 Å². The van der Waals surface area contributed by atoms with Crippen molar-refractivity contribution in [2.75, 3.05) is 14.2 Å². The number of non-ortho nitro benzene ring substituents is 1. The Bertz CT molecular complexity index is 968. The third-order valence-corrected chi connectivity index (χ3v) is 4.02. The first-order chi connectivity index (χ1) is 12.0. The van der Waals surface area contributed by atoms with Gasteiger partial charge in [0.25, 0.3) is 11.6 Å². The molecule has 0 saturated heterocycles. The molecule has 3 rings (SSSR count). The molecule has 0 N–H and O–H groups in total. The lowest BCUT2D eigenvalue weighted by Crippen LogP contribution is -2.15. The van der Waals surface area contributed by atoms with E-state index in [1.165, 1.54) is 30.9 Å². The van der Waals surface area contributed by atoms with Crippen LogP contribution in [0.4, 0.5) is 5.69 Å². The first kappa shape index (κ1) is 16.5. The highest BCUT2D eigenvalue weighted by Crippen LogP contribution is 2.32. The molecule has 1 heterocycles. The number of fused-ring (bicyclic) bond motifs is 1. The van der Waals surface area contributed by atoms with E-state index in [1.54, 1.807) is 37.3 Å². The maximum atomic E-state index is 13.2. The minimum absolute atomic E-state index is 0.0213. The summed E-state index contributed by atoms with van der Waals surface area (Å²) in [7, 11) is 2.96. The molecule has 0 saturated carbocycles. The van der Waals surface area contributed by atoms with Crippen molar-refractivity contribution in [3.8, 4) is 11.5 Å². The van der Waals surface area contributed by atoms with Gasteiger partial charge in [-0.15, -0.1) is 0 Å². The maximum absolute atomic E-state index is 13.2. The van der Waals surface area contributed by atoms with E-state index in [-0.39, 0.29) is 11.6 Å². The van der Waals surface area contributed by atoms with Gasteiger partial charge in [0.15, 0.2) is 0 Å². The average molecular weight is 340 g/mol. The molecule has 7 heteroatoms. The summed E-state index contributed by atoms with van der Waals surface area (Å²) in [6.45, 7) is 1.77. The van der Waals surface area contributed by atoms with Crippen LogP contribution in [-0.2, 0) is 0 Å². The van der Waals surface area contributed by atoms with Crippen molar-refractivity contribution >= 4 is 22.5 Å². The number of nitro groups is 1. The summed E-state index contributed by atoms with van der Waals surface area (Å²) in [6.07, 6.45) is 0. The number of hydrogen-bond acceptors (Lipinski definition) is 5. The molecule has 3 aromatic rings. The summed E-state index contributed by atoms with van der Waals surface area (Å²) in [6, 6.07) is 11.2. The van der Waals surface area contributed by atoms with Crippen LogP contribution in [0, 0.1) is 17.0 Å². The number of rotatable bonds is 4. The normalized spacial score (nSPS) is 10.7. The fraction of sp³-hybridized carbons (Fsp3) is 0.167. The second-order valence-corrected chi connectivity index (χ2v) is 5.46. The molecule has 0 fully saturated rings. The number of aryl methyl sites for hydroxylation is 1. The van der Waals surface area contributed by atoms with Crippen molar-refractivity contribution in [3.05, 3.63) is 63.8 Å². The molecule has 25 heavy (non-hydrogen) atoms. The summed E-state index contributed by atoms with van der Waals surface area (Å²) < 4.78 is 12.1. The van der Waals surface area contributed by atoms with Gasteiger partial charge in [0.2, 0.25) is 0 Å². The smallest absolute Gasteiger partial charge is 0.270 e. The Balaban J connectivity index is 2.22. The molecule has 1 aromatic heterocycles. The van der Waals surface area contributed by atoms with Gasteiger partial charge in [-0.2, -0.15) is 0 Å². The third kappa shape index (κ3) is 2.69. The Kier molecular flexibility index (Phi) is 4.14. The van der Waals surface area contributed by atoms with E-state index in [9.17, 15) is 14.9 Å². The lowest BCUT2D eigenvalue weighted by Gasteiger charge is -2.14. The van der Waals surface area contributed by atoms with Gasteiger partial charge >= 0.3 is 0 Å². The fourth-order valence-electron chi connectivity index (χ4n) is 2.90. The van der Waals surface area contributed by atoms with Crippen molar-refractivity contribution in [2.24, 2.45) is 0 Å². The monoisotopic (exact) mass is 340 g/mol. The molecule has 0 atom stereocenters. The van der Waals surface area contributed by atoms with E-state index in [0.717, 1.165) is 0 Å².